The molecule has 19 heavy (non-hydrogen) atoms. The molecule has 0 saturated carbocycles. The summed E-state index contributed by atoms with van der Waals surface area (Å²) in [4.78, 5) is 18.5. The van der Waals surface area contributed by atoms with Crippen molar-refractivity contribution in [1.29, 1.82) is 0 Å². The van der Waals surface area contributed by atoms with Crippen LogP contribution in [0.15, 0.2) is 18.3 Å². The molecule has 4 nitrogen and oxygen atoms in total. The number of amides is 1. The number of hydrogen-bond acceptors (Lipinski definition) is 3. The summed E-state index contributed by atoms with van der Waals surface area (Å²) in [5, 5.41) is 3.57. The number of piperidine rings is 1. The van der Waals surface area contributed by atoms with E-state index in [0.29, 0.717) is 16.8 Å². The second-order valence-corrected chi connectivity index (χ2v) is 5.67. The summed E-state index contributed by atoms with van der Waals surface area (Å²) >= 11 is 5.86. The maximum atomic E-state index is 12.0. The molecule has 1 aromatic heterocycles. The minimum atomic E-state index is -0.134. The Morgan fingerprint density at radius 2 is 2.16 bits per heavy atom. The highest BCUT2D eigenvalue weighted by Crippen LogP contribution is 2.14. The summed E-state index contributed by atoms with van der Waals surface area (Å²) in [6.07, 6.45) is 3.54. The number of carbonyl (C=O) groups is 1. The summed E-state index contributed by atoms with van der Waals surface area (Å²) in [7, 11) is 0. The Balaban J connectivity index is 1.87. The zero-order valence-electron chi connectivity index (χ0n) is 11.4. The lowest BCUT2D eigenvalue weighted by atomic mass is 10.0. The first kappa shape index (κ1) is 14.3. The predicted octanol–water partition coefficient (Wildman–Crippen LogP) is 2.34. The van der Waals surface area contributed by atoms with Crippen molar-refractivity contribution < 1.29 is 4.79 Å². The van der Waals surface area contributed by atoms with Gasteiger partial charge in [0.15, 0.2) is 0 Å². The molecule has 1 fully saturated rings. The van der Waals surface area contributed by atoms with Gasteiger partial charge in [0.25, 0.3) is 5.91 Å². The largest absolute Gasteiger partial charge is 0.348 e. The lowest BCUT2D eigenvalue weighted by molar-refractivity contribution is 0.0895. The Hall–Kier alpha value is -1.13. The third-order valence-electron chi connectivity index (χ3n) is 3.55. The quantitative estimate of drug-likeness (QED) is 0.925. The van der Waals surface area contributed by atoms with Gasteiger partial charge in [-0.2, -0.15) is 0 Å². The summed E-state index contributed by atoms with van der Waals surface area (Å²) < 4.78 is 0. The molecule has 0 radical (unpaired) electrons. The standard InChI is InChI=1S/C14H20ClN3O/c1-10(2)18-7-4-12(5-8-18)17-14(19)13-9-11(15)3-6-16-13/h3,6,9-10,12H,4-5,7-8H2,1-2H3,(H,17,19). The number of likely N-dealkylation sites (tertiary alicyclic amines) is 1. The summed E-state index contributed by atoms with van der Waals surface area (Å²) in [5.74, 6) is -0.134. The molecule has 1 N–H and O–H groups in total. The average molecular weight is 282 g/mol. The van der Waals surface area contributed by atoms with E-state index in [1.54, 1.807) is 18.3 Å². The van der Waals surface area contributed by atoms with Gasteiger partial charge in [-0.05, 0) is 38.8 Å². The minimum absolute atomic E-state index is 0.134. The smallest absolute Gasteiger partial charge is 0.270 e. The normalized spacial score (nSPS) is 17.7. The fourth-order valence-corrected chi connectivity index (χ4v) is 2.51. The predicted molar refractivity (Wildman–Crippen MR) is 76.4 cm³/mol. The van der Waals surface area contributed by atoms with E-state index in [0.717, 1.165) is 25.9 Å². The molecule has 1 aliphatic heterocycles. The van der Waals surface area contributed by atoms with E-state index < -0.39 is 0 Å². The Morgan fingerprint density at radius 1 is 1.47 bits per heavy atom. The first-order valence-electron chi connectivity index (χ1n) is 6.72. The number of pyridine rings is 1. The molecule has 1 amide bonds. The summed E-state index contributed by atoms with van der Waals surface area (Å²) in [6, 6.07) is 4.08. The Kier molecular flexibility index (Phi) is 4.77. The third kappa shape index (κ3) is 3.91. The van der Waals surface area contributed by atoms with Gasteiger partial charge < -0.3 is 10.2 Å². The van der Waals surface area contributed by atoms with Crippen molar-refractivity contribution in [3.63, 3.8) is 0 Å². The van der Waals surface area contributed by atoms with E-state index in [1.165, 1.54) is 0 Å². The molecular weight excluding hydrogens is 262 g/mol. The van der Waals surface area contributed by atoms with E-state index in [1.807, 2.05) is 0 Å². The maximum absolute atomic E-state index is 12.0. The van der Waals surface area contributed by atoms with Crippen LogP contribution in [0.2, 0.25) is 5.02 Å². The lowest BCUT2D eigenvalue weighted by Gasteiger charge is -2.34. The molecule has 5 heteroatoms. The van der Waals surface area contributed by atoms with Crippen LogP contribution in [-0.4, -0.2) is 41.0 Å². The van der Waals surface area contributed by atoms with Gasteiger partial charge in [-0.1, -0.05) is 11.6 Å². The minimum Gasteiger partial charge on any atom is -0.348 e. The summed E-state index contributed by atoms with van der Waals surface area (Å²) in [5.41, 5.74) is 0.388. The highest BCUT2D eigenvalue weighted by atomic mass is 35.5. The van der Waals surface area contributed by atoms with Crippen molar-refractivity contribution in [2.45, 2.75) is 38.8 Å². The van der Waals surface area contributed by atoms with Crippen molar-refractivity contribution in [3.8, 4) is 0 Å². The average Bonchev–Trinajstić information content (AvgIpc) is 2.39. The first-order chi connectivity index (χ1) is 9.06. The van der Waals surface area contributed by atoms with Crippen molar-refractivity contribution in [3.05, 3.63) is 29.0 Å². The van der Waals surface area contributed by atoms with Crippen LogP contribution in [0.1, 0.15) is 37.2 Å². The highest BCUT2D eigenvalue weighted by Gasteiger charge is 2.22. The lowest BCUT2D eigenvalue weighted by Crippen LogP contribution is -2.46. The van der Waals surface area contributed by atoms with Gasteiger partial charge in [0.2, 0.25) is 0 Å². The molecule has 0 spiro atoms. The molecule has 1 saturated heterocycles. The molecule has 0 atom stereocenters. The Labute approximate surface area is 119 Å². The number of rotatable bonds is 3. The second-order valence-electron chi connectivity index (χ2n) is 5.24. The van der Waals surface area contributed by atoms with Gasteiger partial charge >= 0.3 is 0 Å². The number of nitrogens with one attached hydrogen (secondary N) is 1. The van der Waals surface area contributed by atoms with Crippen LogP contribution in [0, 0.1) is 0 Å². The van der Waals surface area contributed by atoms with Gasteiger partial charge in [-0.15, -0.1) is 0 Å². The van der Waals surface area contributed by atoms with Crippen molar-refractivity contribution >= 4 is 17.5 Å². The van der Waals surface area contributed by atoms with Gasteiger partial charge in [0.1, 0.15) is 5.69 Å². The van der Waals surface area contributed by atoms with E-state index in [2.05, 4.69) is 29.0 Å². The molecule has 104 valence electrons. The van der Waals surface area contributed by atoms with Crippen LogP contribution < -0.4 is 5.32 Å². The topological polar surface area (TPSA) is 45.2 Å². The number of aromatic nitrogens is 1. The molecule has 0 bridgehead atoms. The molecule has 1 aliphatic rings. The second kappa shape index (κ2) is 6.35. The number of carbonyl (C=O) groups excluding carboxylic acids is 1. The van der Waals surface area contributed by atoms with Gasteiger partial charge in [0.05, 0.1) is 0 Å². The summed E-state index contributed by atoms with van der Waals surface area (Å²) in [6.45, 7) is 6.47. The highest BCUT2D eigenvalue weighted by molar-refractivity contribution is 6.30. The van der Waals surface area contributed by atoms with Crippen molar-refractivity contribution in [1.82, 2.24) is 15.2 Å². The zero-order valence-corrected chi connectivity index (χ0v) is 12.2. The Morgan fingerprint density at radius 3 is 2.74 bits per heavy atom. The number of hydrogen-bond donors (Lipinski definition) is 1. The van der Waals surface area contributed by atoms with Gasteiger partial charge in [0, 0.05) is 36.4 Å². The van der Waals surface area contributed by atoms with Crippen LogP contribution in [0.4, 0.5) is 0 Å². The van der Waals surface area contributed by atoms with E-state index >= 15 is 0 Å². The third-order valence-corrected chi connectivity index (χ3v) is 3.78. The van der Waals surface area contributed by atoms with E-state index in [4.69, 9.17) is 11.6 Å². The molecule has 0 aromatic carbocycles. The molecule has 0 unspecified atom stereocenters. The fraction of sp³-hybridized carbons (Fsp3) is 0.571. The molecular formula is C14H20ClN3O. The van der Waals surface area contributed by atoms with Crippen molar-refractivity contribution in [2.75, 3.05) is 13.1 Å². The van der Waals surface area contributed by atoms with Crippen molar-refractivity contribution in [2.24, 2.45) is 0 Å². The van der Waals surface area contributed by atoms with Gasteiger partial charge in [-0.3, -0.25) is 9.78 Å². The van der Waals surface area contributed by atoms with Crippen LogP contribution in [0.5, 0.6) is 0 Å². The van der Waals surface area contributed by atoms with Crippen LogP contribution in [0.25, 0.3) is 0 Å². The first-order valence-corrected chi connectivity index (χ1v) is 7.10. The fourth-order valence-electron chi connectivity index (χ4n) is 2.35. The van der Waals surface area contributed by atoms with E-state index in [9.17, 15) is 4.79 Å². The molecule has 2 heterocycles. The molecule has 2 rings (SSSR count). The van der Waals surface area contributed by atoms with Crippen LogP contribution in [0.3, 0.4) is 0 Å². The molecule has 1 aromatic rings. The van der Waals surface area contributed by atoms with Crippen LogP contribution in [-0.2, 0) is 0 Å². The molecule has 0 aliphatic carbocycles. The Bertz CT molecular complexity index is 442. The zero-order chi connectivity index (χ0) is 13.8. The maximum Gasteiger partial charge on any atom is 0.270 e. The number of halogens is 1. The number of nitrogens with zero attached hydrogens (tertiary/aromatic N) is 2. The van der Waals surface area contributed by atoms with Crippen LogP contribution >= 0.6 is 11.6 Å². The monoisotopic (exact) mass is 281 g/mol. The SMILES string of the molecule is CC(C)N1CCC(NC(=O)c2cc(Cl)ccn2)CC1. The van der Waals surface area contributed by atoms with Gasteiger partial charge in [-0.25, -0.2) is 0 Å². The van der Waals surface area contributed by atoms with E-state index in [-0.39, 0.29) is 11.9 Å².